The van der Waals surface area contributed by atoms with Gasteiger partial charge in [0.2, 0.25) is 0 Å². The maximum atomic E-state index is 9.34. The molecule has 0 bridgehead atoms. The number of phenols is 1. The Kier molecular flexibility index (Phi) is 5.56. The van der Waals surface area contributed by atoms with Crippen molar-refractivity contribution >= 4 is 0 Å². The Morgan fingerprint density at radius 1 is 1.25 bits per heavy atom. The molecule has 12 heavy (non-hydrogen) atoms. The van der Waals surface area contributed by atoms with E-state index in [9.17, 15) is 5.11 Å². The summed E-state index contributed by atoms with van der Waals surface area (Å²) in [6.45, 7) is 2.15. The van der Waals surface area contributed by atoms with E-state index in [1.165, 1.54) is 6.42 Å². The third-order valence-corrected chi connectivity index (χ3v) is 1.79. The Labute approximate surface area is 79.8 Å². The summed E-state index contributed by atoms with van der Waals surface area (Å²) < 4.78 is 0. The first-order valence-electron chi connectivity index (χ1n) is 4.11. The molecule has 0 atom stereocenters. The lowest BCUT2D eigenvalue weighted by atomic mass is 10.1. The average Bonchev–Trinajstić information content (AvgIpc) is 2.03. The summed E-state index contributed by atoms with van der Waals surface area (Å²) in [6, 6.07) is 7.53. The fourth-order valence-corrected chi connectivity index (χ4v) is 1.09. The standard InChI is InChI=1S/C10H14O.ClH/c1-2-3-6-9-7-4-5-8-10(9)11;/h4-5,7-8,11H,2-3,6H2,1H3;1H/p-1. The number of rotatable bonds is 3. The number of benzene rings is 1. The lowest BCUT2D eigenvalue weighted by Crippen LogP contribution is -3.00. The normalized spacial score (nSPS) is 9.08. The lowest BCUT2D eigenvalue weighted by molar-refractivity contribution is -0.00000334. The van der Waals surface area contributed by atoms with Crippen molar-refractivity contribution in [1.82, 2.24) is 0 Å². The first kappa shape index (κ1) is 11.3. The molecule has 1 nitrogen and oxygen atoms in total. The van der Waals surface area contributed by atoms with Crippen molar-refractivity contribution in [2.75, 3.05) is 0 Å². The highest BCUT2D eigenvalue weighted by Crippen LogP contribution is 2.17. The Hall–Kier alpha value is -0.690. The minimum atomic E-state index is 0. The Morgan fingerprint density at radius 2 is 1.92 bits per heavy atom. The van der Waals surface area contributed by atoms with Gasteiger partial charge in [0, 0.05) is 0 Å². The third-order valence-electron chi connectivity index (χ3n) is 1.79. The molecule has 0 amide bonds. The number of hydrogen-bond donors (Lipinski definition) is 1. The predicted octanol–water partition coefficient (Wildman–Crippen LogP) is -0.261. The zero-order valence-electron chi connectivity index (χ0n) is 7.26. The van der Waals surface area contributed by atoms with Crippen molar-refractivity contribution in [3.63, 3.8) is 0 Å². The molecule has 1 N–H and O–H groups in total. The van der Waals surface area contributed by atoms with Crippen molar-refractivity contribution in [2.24, 2.45) is 0 Å². The van der Waals surface area contributed by atoms with Gasteiger partial charge < -0.3 is 17.5 Å². The lowest BCUT2D eigenvalue weighted by Gasteiger charge is -2.01. The summed E-state index contributed by atoms with van der Waals surface area (Å²) in [5, 5.41) is 9.34. The maximum Gasteiger partial charge on any atom is 0.118 e. The monoisotopic (exact) mass is 185 g/mol. The first-order valence-corrected chi connectivity index (χ1v) is 4.11. The van der Waals surface area contributed by atoms with E-state index in [1.54, 1.807) is 6.07 Å². The van der Waals surface area contributed by atoms with E-state index in [-0.39, 0.29) is 12.4 Å². The van der Waals surface area contributed by atoms with Crippen LogP contribution >= 0.6 is 0 Å². The van der Waals surface area contributed by atoms with Gasteiger partial charge in [-0.1, -0.05) is 31.5 Å². The van der Waals surface area contributed by atoms with Crippen molar-refractivity contribution in [2.45, 2.75) is 26.2 Å². The van der Waals surface area contributed by atoms with E-state index in [1.807, 2.05) is 18.2 Å². The van der Waals surface area contributed by atoms with Crippen molar-refractivity contribution in [3.8, 4) is 5.75 Å². The SMILES string of the molecule is CCCCc1ccccc1O.[Cl-]. The van der Waals surface area contributed by atoms with Crippen LogP contribution in [0.5, 0.6) is 5.75 Å². The predicted molar refractivity (Wildman–Crippen MR) is 46.7 cm³/mol. The molecule has 0 spiro atoms. The molecule has 0 saturated heterocycles. The van der Waals surface area contributed by atoms with Crippen LogP contribution in [0.15, 0.2) is 24.3 Å². The van der Waals surface area contributed by atoms with E-state index >= 15 is 0 Å². The van der Waals surface area contributed by atoms with Gasteiger partial charge in [0.1, 0.15) is 5.75 Å². The largest absolute Gasteiger partial charge is 1.00 e. The molecule has 0 aliphatic carbocycles. The molecule has 1 rings (SSSR count). The van der Waals surface area contributed by atoms with E-state index in [0.29, 0.717) is 5.75 Å². The van der Waals surface area contributed by atoms with Crippen LogP contribution in [0.2, 0.25) is 0 Å². The van der Waals surface area contributed by atoms with Gasteiger partial charge in [0.25, 0.3) is 0 Å². The number of aryl methyl sites for hydroxylation is 1. The molecule has 0 saturated carbocycles. The fraction of sp³-hybridized carbons (Fsp3) is 0.400. The van der Waals surface area contributed by atoms with Crippen molar-refractivity contribution < 1.29 is 17.5 Å². The van der Waals surface area contributed by atoms with Gasteiger partial charge in [0.05, 0.1) is 0 Å². The third kappa shape index (κ3) is 3.14. The molecule has 0 aromatic heterocycles. The second-order valence-corrected chi connectivity index (χ2v) is 2.73. The van der Waals surface area contributed by atoms with Crippen LogP contribution in [0.3, 0.4) is 0 Å². The smallest absolute Gasteiger partial charge is 0.118 e. The average molecular weight is 186 g/mol. The van der Waals surface area contributed by atoms with Gasteiger partial charge in [-0.15, -0.1) is 0 Å². The van der Waals surface area contributed by atoms with Crippen LogP contribution in [0, 0.1) is 0 Å². The number of aromatic hydroxyl groups is 1. The molecule has 0 heterocycles. The second kappa shape index (κ2) is 5.90. The van der Waals surface area contributed by atoms with Crippen LogP contribution < -0.4 is 12.4 Å². The highest BCUT2D eigenvalue weighted by molar-refractivity contribution is 5.31. The number of para-hydroxylation sites is 1. The summed E-state index contributed by atoms with van der Waals surface area (Å²) in [4.78, 5) is 0. The molecule has 0 aliphatic rings. The Morgan fingerprint density at radius 3 is 2.50 bits per heavy atom. The summed E-state index contributed by atoms with van der Waals surface area (Å²) in [5.41, 5.74) is 1.06. The van der Waals surface area contributed by atoms with Crippen LogP contribution in [0.25, 0.3) is 0 Å². The van der Waals surface area contributed by atoms with Gasteiger partial charge in [-0.3, -0.25) is 0 Å². The molecule has 68 valence electrons. The Balaban J connectivity index is 0.00000121. The number of halogens is 1. The minimum absolute atomic E-state index is 0. The van der Waals surface area contributed by atoms with E-state index < -0.39 is 0 Å². The summed E-state index contributed by atoms with van der Waals surface area (Å²) >= 11 is 0. The quantitative estimate of drug-likeness (QED) is 0.688. The van der Waals surface area contributed by atoms with Gasteiger partial charge in [-0.05, 0) is 24.5 Å². The Bertz CT molecular complexity index is 223. The molecule has 0 fully saturated rings. The van der Waals surface area contributed by atoms with Crippen LogP contribution in [-0.2, 0) is 6.42 Å². The second-order valence-electron chi connectivity index (χ2n) is 2.73. The van der Waals surface area contributed by atoms with E-state index in [0.717, 1.165) is 18.4 Å². The van der Waals surface area contributed by atoms with Gasteiger partial charge in [0.15, 0.2) is 0 Å². The topological polar surface area (TPSA) is 20.2 Å². The maximum absolute atomic E-state index is 9.34. The summed E-state index contributed by atoms with van der Waals surface area (Å²) in [7, 11) is 0. The highest BCUT2D eigenvalue weighted by Gasteiger charge is 1.96. The van der Waals surface area contributed by atoms with Crippen LogP contribution in [0.1, 0.15) is 25.3 Å². The van der Waals surface area contributed by atoms with Crippen LogP contribution in [0.4, 0.5) is 0 Å². The van der Waals surface area contributed by atoms with E-state index in [2.05, 4.69) is 6.92 Å². The summed E-state index contributed by atoms with van der Waals surface area (Å²) in [5.74, 6) is 0.431. The van der Waals surface area contributed by atoms with Crippen LogP contribution in [-0.4, -0.2) is 5.11 Å². The highest BCUT2D eigenvalue weighted by atomic mass is 35.5. The number of unbranched alkanes of at least 4 members (excludes halogenated alkanes) is 1. The number of phenolic OH excluding ortho intramolecular Hbond substituents is 1. The molecule has 2 heteroatoms. The van der Waals surface area contributed by atoms with Gasteiger partial charge >= 0.3 is 0 Å². The summed E-state index contributed by atoms with van der Waals surface area (Å²) in [6.07, 6.45) is 3.31. The first-order chi connectivity index (χ1) is 5.34. The van der Waals surface area contributed by atoms with Gasteiger partial charge in [-0.2, -0.15) is 0 Å². The molecule has 0 radical (unpaired) electrons. The molecular formula is C10H14ClO-. The molecule has 0 aliphatic heterocycles. The minimum Gasteiger partial charge on any atom is -1.00 e. The molecule has 1 aromatic rings. The molecule has 1 aromatic carbocycles. The van der Waals surface area contributed by atoms with Crippen molar-refractivity contribution in [3.05, 3.63) is 29.8 Å². The fourth-order valence-electron chi connectivity index (χ4n) is 1.09. The van der Waals surface area contributed by atoms with Gasteiger partial charge in [-0.25, -0.2) is 0 Å². The van der Waals surface area contributed by atoms with Crippen molar-refractivity contribution in [1.29, 1.82) is 0 Å². The molecule has 0 unspecified atom stereocenters. The number of hydrogen-bond acceptors (Lipinski definition) is 1. The zero-order valence-corrected chi connectivity index (χ0v) is 8.01. The zero-order chi connectivity index (χ0) is 8.10. The molecular weight excluding hydrogens is 172 g/mol. The van der Waals surface area contributed by atoms with E-state index in [4.69, 9.17) is 0 Å².